The van der Waals surface area contributed by atoms with Crippen molar-refractivity contribution in [1.29, 1.82) is 0 Å². The molecular weight excluding hydrogens is 338 g/mol. The molecule has 4 nitrogen and oxygen atoms in total. The van der Waals surface area contributed by atoms with E-state index in [1.165, 1.54) is 16.9 Å². The first kappa shape index (κ1) is 17.3. The molecule has 24 heavy (non-hydrogen) atoms. The molecule has 1 aliphatic heterocycles. The van der Waals surface area contributed by atoms with E-state index in [9.17, 15) is 4.79 Å². The number of H-pyrrole nitrogens is 1. The number of aromatic nitrogens is 1. The standard InChI is InChI=1S/C18H23N3OS2/c1-13-16(24-18(23)19-13)10-17(22)20-15-8-5-9-21(12-15)11-14-6-3-2-4-7-14/h2-4,6-7,15H,5,8-12H2,1H3,(H,19,23)(H,20,22). The lowest BCUT2D eigenvalue weighted by atomic mass is 10.0. The van der Waals surface area contributed by atoms with Crippen molar-refractivity contribution in [2.24, 2.45) is 0 Å². The molecular formula is C18H23N3OS2. The highest BCUT2D eigenvalue weighted by atomic mass is 32.1. The average molecular weight is 362 g/mol. The highest BCUT2D eigenvalue weighted by Gasteiger charge is 2.22. The number of carbonyl (C=O) groups excluding carboxylic acids is 1. The number of carbonyl (C=O) groups is 1. The molecule has 1 aromatic heterocycles. The maximum atomic E-state index is 12.3. The zero-order valence-electron chi connectivity index (χ0n) is 13.9. The van der Waals surface area contributed by atoms with Gasteiger partial charge in [-0.3, -0.25) is 9.69 Å². The van der Waals surface area contributed by atoms with Gasteiger partial charge in [0.15, 0.2) is 3.95 Å². The SMILES string of the molecule is Cc1[nH]c(=S)sc1CC(=O)NC1CCCN(Cc2ccccc2)C1. The van der Waals surface area contributed by atoms with E-state index in [2.05, 4.69) is 39.5 Å². The number of hydrogen-bond acceptors (Lipinski definition) is 4. The molecule has 1 unspecified atom stereocenters. The fourth-order valence-electron chi connectivity index (χ4n) is 3.19. The Morgan fingerprint density at radius 1 is 1.42 bits per heavy atom. The highest BCUT2D eigenvalue weighted by Crippen LogP contribution is 2.17. The maximum absolute atomic E-state index is 12.3. The molecule has 0 spiro atoms. The van der Waals surface area contributed by atoms with Crippen LogP contribution in [0, 0.1) is 10.9 Å². The van der Waals surface area contributed by atoms with Crippen molar-refractivity contribution in [2.75, 3.05) is 13.1 Å². The van der Waals surface area contributed by atoms with E-state index in [0.717, 1.165) is 47.0 Å². The Kier molecular flexibility index (Phi) is 5.81. The number of nitrogens with zero attached hydrogens (tertiary/aromatic N) is 1. The van der Waals surface area contributed by atoms with Crippen LogP contribution in [-0.2, 0) is 17.8 Å². The summed E-state index contributed by atoms with van der Waals surface area (Å²) in [6, 6.07) is 10.7. The van der Waals surface area contributed by atoms with E-state index in [-0.39, 0.29) is 11.9 Å². The van der Waals surface area contributed by atoms with Crippen LogP contribution in [0.5, 0.6) is 0 Å². The highest BCUT2D eigenvalue weighted by molar-refractivity contribution is 7.73. The molecule has 2 aromatic rings. The number of thiazole rings is 1. The molecule has 2 N–H and O–H groups in total. The number of rotatable bonds is 5. The summed E-state index contributed by atoms with van der Waals surface area (Å²) < 4.78 is 0.738. The van der Waals surface area contributed by atoms with Gasteiger partial charge in [0.2, 0.25) is 5.91 Å². The molecule has 1 fully saturated rings. The van der Waals surface area contributed by atoms with Crippen LogP contribution in [0.3, 0.4) is 0 Å². The monoisotopic (exact) mass is 361 g/mol. The Bertz CT molecular complexity index is 738. The first-order chi connectivity index (χ1) is 11.6. The fraction of sp³-hybridized carbons (Fsp3) is 0.444. The Hall–Kier alpha value is -1.50. The van der Waals surface area contributed by atoms with Crippen molar-refractivity contribution < 1.29 is 4.79 Å². The number of piperidine rings is 1. The van der Waals surface area contributed by atoms with Crippen LogP contribution in [0.1, 0.15) is 29.0 Å². The van der Waals surface area contributed by atoms with Gasteiger partial charge in [0, 0.05) is 29.7 Å². The van der Waals surface area contributed by atoms with Crippen molar-refractivity contribution >= 4 is 29.5 Å². The predicted molar refractivity (Wildman–Crippen MR) is 101 cm³/mol. The summed E-state index contributed by atoms with van der Waals surface area (Å²) >= 11 is 6.63. The molecule has 0 radical (unpaired) electrons. The summed E-state index contributed by atoms with van der Waals surface area (Å²) in [5, 5.41) is 3.20. The van der Waals surface area contributed by atoms with Gasteiger partial charge in [-0.2, -0.15) is 0 Å². The number of nitrogens with one attached hydrogen (secondary N) is 2. The Morgan fingerprint density at radius 3 is 2.92 bits per heavy atom. The van der Waals surface area contributed by atoms with Gasteiger partial charge in [-0.25, -0.2) is 0 Å². The number of likely N-dealkylation sites (tertiary alicyclic amines) is 1. The molecule has 1 saturated heterocycles. The van der Waals surface area contributed by atoms with Crippen LogP contribution in [0.25, 0.3) is 0 Å². The van der Waals surface area contributed by atoms with Gasteiger partial charge in [-0.15, -0.1) is 11.3 Å². The van der Waals surface area contributed by atoms with Crippen LogP contribution in [0.4, 0.5) is 0 Å². The molecule has 1 aromatic carbocycles. The first-order valence-corrected chi connectivity index (χ1v) is 9.57. The Labute approximate surface area is 151 Å². The van der Waals surface area contributed by atoms with E-state index in [1.807, 2.05) is 13.0 Å². The summed E-state index contributed by atoms with van der Waals surface area (Å²) in [6.07, 6.45) is 2.59. The van der Waals surface area contributed by atoms with Crippen molar-refractivity contribution in [2.45, 2.75) is 38.8 Å². The molecule has 1 atom stereocenters. The van der Waals surface area contributed by atoms with Crippen LogP contribution in [0.15, 0.2) is 30.3 Å². The second-order valence-corrected chi connectivity index (χ2v) is 8.14. The molecule has 1 aliphatic rings. The molecule has 3 rings (SSSR count). The van der Waals surface area contributed by atoms with E-state index < -0.39 is 0 Å². The number of aryl methyl sites for hydroxylation is 1. The van der Waals surface area contributed by atoms with Crippen molar-refractivity contribution in [3.8, 4) is 0 Å². The van der Waals surface area contributed by atoms with E-state index in [1.54, 1.807) is 0 Å². The minimum absolute atomic E-state index is 0.0925. The molecule has 128 valence electrons. The van der Waals surface area contributed by atoms with E-state index in [0.29, 0.717) is 6.42 Å². The first-order valence-electron chi connectivity index (χ1n) is 8.34. The number of amides is 1. The topological polar surface area (TPSA) is 48.1 Å². The Morgan fingerprint density at radius 2 is 2.21 bits per heavy atom. The third kappa shape index (κ3) is 4.75. The summed E-state index contributed by atoms with van der Waals surface area (Å²) in [6.45, 7) is 4.94. The summed E-state index contributed by atoms with van der Waals surface area (Å²) in [5.74, 6) is 0.0925. The lowest BCUT2D eigenvalue weighted by Crippen LogP contribution is -2.47. The second-order valence-electron chi connectivity index (χ2n) is 6.37. The minimum Gasteiger partial charge on any atom is -0.352 e. The average Bonchev–Trinajstić information content (AvgIpc) is 2.86. The Balaban J connectivity index is 1.52. The fourth-order valence-corrected chi connectivity index (χ4v) is 4.48. The van der Waals surface area contributed by atoms with Gasteiger partial charge in [-0.05, 0) is 44.1 Å². The predicted octanol–water partition coefficient (Wildman–Crippen LogP) is 3.44. The summed E-state index contributed by atoms with van der Waals surface area (Å²) in [7, 11) is 0. The summed E-state index contributed by atoms with van der Waals surface area (Å²) in [5.41, 5.74) is 2.33. The van der Waals surface area contributed by atoms with Crippen LogP contribution < -0.4 is 5.32 Å². The summed E-state index contributed by atoms with van der Waals surface area (Å²) in [4.78, 5) is 18.9. The number of aromatic amines is 1. The van der Waals surface area contributed by atoms with Gasteiger partial charge in [0.25, 0.3) is 0 Å². The number of hydrogen-bond donors (Lipinski definition) is 2. The zero-order valence-corrected chi connectivity index (χ0v) is 15.5. The third-order valence-corrected chi connectivity index (χ3v) is 5.70. The third-order valence-electron chi connectivity index (χ3n) is 4.36. The zero-order chi connectivity index (χ0) is 16.9. The van der Waals surface area contributed by atoms with Crippen molar-refractivity contribution in [3.05, 3.63) is 50.4 Å². The van der Waals surface area contributed by atoms with Gasteiger partial charge in [0.1, 0.15) is 0 Å². The van der Waals surface area contributed by atoms with Gasteiger partial charge < -0.3 is 10.3 Å². The lowest BCUT2D eigenvalue weighted by Gasteiger charge is -2.33. The van der Waals surface area contributed by atoms with Crippen LogP contribution in [0.2, 0.25) is 0 Å². The van der Waals surface area contributed by atoms with Crippen LogP contribution in [-0.4, -0.2) is 34.9 Å². The van der Waals surface area contributed by atoms with E-state index in [4.69, 9.17) is 12.2 Å². The van der Waals surface area contributed by atoms with E-state index >= 15 is 0 Å². The van der Waals surface area contributed by atoms with Gasteiger partial charge in [-0.1, -0.05) is 30.3 Å². The lowest BCUT2D eigenvalue weighted by molar-refractivity contribution is -0.121. The molecule has 0 aliphatic carbocycles. The largest absolute Gasteiger partial charge is 0.352 e. The second kappa shape index (κ2) is 8.05. The smallest absolute Gasteiger partial charge is 0.225 e. The van der Waals surface area contributed by atoms with Crippen molar-refractivity contribution in [3.63, 3.8) is 0 Å². The molecule has 0 bridgehead atoms. The van der Waals surface area contributed by atoms with Gasteiger partial charge in [0.05, 0.1) is 6.42 Å². The quantitative estimate of drug-likeness (QED) is 0.802. The molecule has 1 amide bonds. The van der Waals surface area contributed by atoms with Crippen molar-refractivity contribution in [1.82, 2.24) is 15.2 Å². The minimum atomic E-state index is 0.0925. The maximum Gasteiger partial charge on any atom is 0.225 e. The molecule has 2 heterocycles. The molecule has 6 heteroatoms. The van der Waals surface area contributed by atoms with Crippen LogP contribution >= 0.6 is 23.6 Å². The van der Waals surface area contributed by atoms with Gasteiger partial charge >= 0.3 is 0 Å². The molecule has 0 saturated carbocycles. The normalized spacial score (nSPS) is 18.5. The number of benzene rings is 1.